The zero-order valence-corrected chi connectivity index (χ0v) is 12.3. The Morgan fingerprint density at radius 1 is 1.41 bits per heavy atom. The van der Waals surface area contributed by atoms with E-state index in [4.69, 9.17) is 5.73 Å². The van der Waals surface area contributed by atoms with Gasteiger partial charge >= 0.3 is 0 Å². The van der Waals surface area contributed by atoms with Crippen LogP contribution in [0.3, 0.4) is 0 Å². The van der Waals surface area contributed by atoms with Crippen LogP contribution in [0, 0.1) is 5.41 Å². The van der Waals surface area contributed by atoms with E-state index in [1.807, 2.05) is 12.1 Å². The summed E-state index contributed by atoms with van der Waals surface area (Å²) in [6, 6.07) is 6.05. The van der Waals surface area contributed by atoms with Crippen LogP contribution in [0.2, 0.25) is 0 Å². The maximum absolute atomic E-state index is 5.85. The highest BCUT2D eigenvalue weighted by atomic mass is 79.9. The van der Waals surface area contributed by atoms with Crippen LogP contribution in [0.15, 0.2) is 22.7 Å². The summed E-state index contributed by atoms with van der Waals surface area (Å²) in [5.41, 5.74) is 8.44. The number of hydrogen-bond donors (Lipinski definition) is 1. The predicted molar refractivity (Wildman–Crippen MR) is 76.8 cm³/mol. The lowest BCUT2D eigenvalue weighted by molar-refractivity contribution is 0.111. The Kier molecular flexibility index (Phi) is 3.79. The molecule has 17 heavy (non-hydrogen) atoms. The molecule has 0 amide bonds. The minimum atomic E-state index is 0.449. The van der Waals surface area contributed by atoms with Crippen LogP contribution in [-0.2, 0) is 6.54 Å². The first kappa shape index (κ1) is 12.9. The van der Waals surface area contributed by atoms with E-state index in [0.29, 0.717) is 5.41 Å². The van der Waals surface area contributed by atoms with E-state index >= 15 is 0 Å². The fourth-order valence-electron chi connectivity index (χ4n) is 2.64. The van der Waals surface area contributed by atoms with Gasteiger partial charge in [-0.25, -0.2) is 0 Å². The summed E-state index contributed by atoms with van der Waals surface area (Å²) in [7, 11) is 0. The van der Waals surface area contributed by atoms with Gasteiger partial charge in [0, 0.05) is 23.2 Å². The number of hydrogen-bond acceptors (Lipinski definition) is 2. The second kappa shape index (κ2) is 4.99. The Balaban J connectivity index is 2.07. The van der Waals surface area contributed by atoms with Crippen molar-refractivity contribution in [1.82, 2.24) is 4.90 Å². The molecule has 3 heteroatoms. The number of nitrogens with two attached hydrogens (primary N) is 1. The van der Waals surface area contributed by atoms with Crippen LogP contribution in [0.1, 0.15) is 32.3 Å². The van der Waals surface area contributed by atoms with Gasteiger partial charge in [0.15, 0.2) is 0 Å². The first-order chi connectivity index (χ1) is 7.96. The van der Waals surface area contributed by atoms with Crippen molar-refractivity contribution in [2.75, 3.05) is 18.8 Å². The Morgan fingerprint density at radius 2 is 2.18 bits per heavy atom. The molecule has 2 rings (SSSR count). The first-order valence-corrected chi connectivity index (χ1v) is 7.02. The molecule has 2 nitrogen and oxygen atoms in total. The average molecular weight is 297 g/mol. The number of halogens is 1. The summed E-state index contributed by atoms with van der Waals surface area (Å²) >= 11 is 3.60. The number of likely N-dealkylation sites (tertiary alicyclic amines) is 1. The van der Waals surface area contributed by atoms with Crippen LogP contribution in [0.25, 0.3) is 0 Å². The molecule has 1 aromatic rings. The van der Waals surface area contributed by atoms with Crippen molar-refractivity contribution in [2.45, 2.75) is 33.2 Å². The molecule has 0 atom stereocenters. The molecule has 1 saturated heterocycles. The lowest BCUT2D eigenvalue weighted by atomic mass is 9.84. The number of benzene rings is 1. The van der Waals surface area contributed by atoms with Crippen molar-refractivity contribution in [3.63, 3.8) is 0 Å². The number of anilines is 1. The van der Waals surface area contributed by atoms with Crippen molar-refractivity contribution in [3.8, 4) is 0 Å². The highest BCUT2D eigenvalue weighted by Gasteiger charge is 2.26. The van der Waals surface area contributed by atoms with Gasteiger partial charge in [-0.2, -0.15) is 0 Å². The van der Waals surface area contributed by atoms with Gasteiger partial charge in [-0.1, -0.05) is 29.8 Å². The molecule has 1 aliphatic rings. The molecule has 1 heterocycles. The van der Waals surface area contributed by atoms with E-state index in [1.165, 1.54) is 31.5 Å². The van der Waals surface area contributed by atoms with E-state index in [1.54, 1.807) is 0 Å². The molecule has 1 aliphatic heterocycles. The van der Waals surface area contributed by atoms with Crippen LogP contribution in [0.4, 0.5) is 5.69 Å². The van der Waals surface area contributed by atoms with Crippen molar-refractivity contribution < 1.29 is 0 Å². The third-order valence-corrected chi connectivity index (χ3v) is 4.22. The van der Waals surface area contributed by atoms with Gasteiger partial charge in [0.1, 0.15) is 0 Å². The maximum atomic E-state index is 5.85. The van der Waals surface area contributed by atoms with Gasteiger partial charge < -0.3 is 5.73 Å². The molecule has 1 aromatic carbocycles. The van der Waals surface area contributed by atoms with Gasteiger partial charge in [0.2, 0.25) is 0 Å². The zero-order chi connectivity index (χ0) is 12.5. The van der Waals surface area contributed by atoms with Crippen molar-refractivity contribution in [3.05, 3.63) is 28.2 Å². The molecule has 0 aliphatic carbocycles. The summed E-state index contributed by atoms with van der Waals surface area (Å²) in [4.78, 5) is 2.53. The molecular weight excluding hydrogens is 276 g/mol. The van der Waals surface area contributed by atoms with Gasteiger partial charge in [-0.3, -0.25) is 4.90 Å². The average Bonchev–Trinajstić information content (AvgIpc) is 2.22. The molecule has 0 unspecified atom stereocenters. The van der Waals surface area contributed by atoms with Crippen LogP contribution in [-0.4, -0.2) is 18.0 Å². The molecular formula is C14H21BrN2. The van der Waals surface area contributed by atoms with Crippen LogP contribution < -0.4 is 5.73 Å². The summed E-state index contributed by atoms with van der Waals surface area (Å²) in [5.74, 6) is 0. The molecule has 0 aromatic heterocycles. The lowest BCUT2D eigenvalue weighted by Crippen LogP contribution is -2.39. The van der Waals surface area contributed by atoms with Gasteiger partial charge in [-0.05, 0) is 48.6 Å². The van der Waals surface area contributed by atoms with Gasteiger partial charge in [-0.15, -0.1) is 0 Å². The summed E-state index contributed by atoms with van der Waals surface area (Å²) in [5, 5.41) is 0. The van der Waals surface area contributed by atoms with Crippen molar-refractivity contribution in [1.29, 1.82) is 0 Å². The Bertz CT molecular complexity index is 401. The molecule has 94 valence electrons. The highest BCUT2D eigenvalue weighted by molar-refractivity contribution is 9.10. The molecule has 0 spiro atoms. The standard InChI is InChI=1S/C14H21BrN2/c1-14(2)6-3-7-17(10-14)9-11-8-12(16)4-5-13(11)15/h4-5,8H,3,6-7,9-10,16H2,1-2H3. The Labute approximate surface area is 112 Å². The maximum Gasteiger partial charge on any atom is 0.0318 e. The minimum Gasteiger partial charge on any atom is -0.399 e. The third-order valence-electron chi connectivity index (χ3n) is 3.44. The van der Waals surface area contributed by atoms with Crippen LogP contribution in [0.5, 0.6) is 0 Å². The Hall–Kier alpha value is -0.540. The van der Waals surface area contributed by atoms with E-state index in [-0.39, 0.29) is 0 Å². The van der Waals surface area contributed by atoms with E-state index in [9.17, 15) is 0 Å². The van der Waals surface area contributed by atoms with E-state index < -0.39 is 0 Å². The lowest BCUT2D eigenvalue weighted by Gasteiger charge is -2.38. The summed E-state index contributed by atoms with van der Waals surface area (Å²) < 4.78 is 1.16. The number of nitrogen functional groups attached to an aromatic ring is 1. The Morgan fingerprint density at radius 3 is 2.88 bits per heavy atom. The monoisotopic (exact) mass is 296 g/mol. The molecule has 0 saturated carbocycles. The third kappa shape index (κ3) is 3.46. The first-order valence-electron chi connectivity index (χ1n) is 6.23. The molecule has 0 bridgehead atoms. The summed E-state index contributed by atoms with van der Waals surface area (Å²) in [6.07, 6.45) is 2.63. The topological polar surface area (TPSA) is 29.3 Å². The largest absolute Gasteiger partial charge is 0.399 e. The molecule has 0 radical (unpaired) electrons. The number of nitrogens with zero attached hydrogens (tertiary/aromatic N) is 1. The fraction of sp³-hybridized carbons (Fsp3) is 0.571. The summed E-state index contributed by atoms with van der Waals surface area (Å²) in [6.45, 7) is 8.08. The fourth-order valence-corrected chi connectivity index (χ4v) is 3.01. The second-order valence-electron chi connectivity index (χ2n) is 5.83. The smallest absolute Gasteiger partial charge is 0.0318 e. The quantitative estimate of drug-likeness (QED) is 0.844. The zero-order valence-electron chi connectivity index (χ0n) is 10.7. The van der Waals surface area contributed by atoms with Gasteiger partial charge in [0.25, 0.3) is 0 Å². The normalized spacial score (nSPS) is 20.4. The molecule has 1 fully saturated rings. The highest BCUT2D eigenvalue weighted by Crippen LogP contribution is 2.30. The minimum absolute atomic E-state index is 0.449. The second-order valence-corrected chi connectivity index (χ2v) is 6.68. The molecule has 2 N–H and O–H groups in total. The van der Waals surface area contributed by atoms with Crippen molar-refractivity contribution in [2.24, 2.45) is 5.41 Å². The number of rotatable bonds is 2. The predicted octanol–water partition coefficient (Wildman–Crippen LogP) is 3.65. The van der Waals surface area contributed by atoms with E-state index in [0.717, 1.165) is 16.7 Å². The SMILES string of the molecule is CC1(C)CCCN(Cc2cc(N)ccc2Br)C1. The van der Waals surface area contributed by atoms with Crippen LogP contribution >= 0.6 is 15.9 Å². The van der Waals surface area contributed by atoms with Gasteiger partial charge in [0.05, 0.1) is 0 Å². The van der Waals surface area contributed by atoms with Crippen molar-refractivity contribution >= 4 is 21.6 Å². The number of piperidine rings is 1. The van der Waals surface area contributed by atoms with E-state index in [2.05, 4.69) is 40.7 Å².